The van der Waals surface area contributed by atoms with Crippen LogP contribution >= 0.6 is 35.6 Å². The number of rotatable bonds is 7. The third-order valence-electron chi connectivity index (χ3n) is 3.80. The zero-order valence-corrected chi connectivity index (χ0v) is 19.9. The third-order valence-corrected chi connectivity index (χ3v) is 5.31. The fourth-order valence-electron chi connectivity index (χ4n) is 2.51. The molecule has 0 fully saturated rings. The van der Waals surface area contributed by atoms with Crippen LogP contribution in [0.4, 0.5) is 0 Å². The summed E-state index contributed by atoms with van der Waals surface area (Å²) in [6.45, 7) is 3.38. The van der Waals surface area contributed by atoms with Gasteiger partial charge >= 0.3 is 0 Å². The maximum Gasteiger partial charge on any atom is 0.191 e. The summed E-state index contributed by atoms with van der Waals surface area (Å²) in [5.74, 6) is 1.39. The maximum absolute atomic E-state index is 11.7. The molecule has 0 aromatic heterocycles. The number of nitrogens with zero attached hydrogens (tertiary/aromatic N) is 1. The van der Waals surface area contributed by atoms with Crippen LogP contribution in [-0.4, -0.2) is 40.8 Å². The largest absolute Gasteiger partial charge is 0.492 e. The average molecular weight is 538 g/mol. The highest BCUT2D eigenvalue weighted by atomic mass is 127. The van der Waals surface area contributed by atoms with Crippen molar-refractivity contribution in [1.29, 1.82) is 0 Å². The lowest BCUT2D eigenvalue weighted by Gasteiger charge is -2.13. The standard InChI is InChI=1S/C19H24ClN3O3S.HI/c1-14-12-15(4-9-18(14)27(3,24)25)13-23-19(21-2)22-10-11-26-17-7-5-16(20)6-8-17;/h4-9,12H,10-11,13H2,1-3H3,(H2,21,22,23);1H. The molecule has 0 aliphatic heterocycles. The molecule has 2 aromatic rings. The fraction of sp³-hybridized carbons (Fsp3) is 0.316. The molecule has 0 saturated heterocycles. The van der Waals surface area contributed by atoms with Crippen molar-refractivity contribution in [2.75, 3.05) is 26.5 Å². The minimum absolute atomic E-state index is 0. The minimum atomic E-state index is -3.20. The summed E-state index contributed by atoms with van der Waals surface area (Å²) in [5.41, 5.74) is 1.70. The number of aryl methyl sites for hydroxylation is 1. The number of sulfone groups is 1. The van der Waals surface area contributed by atoms with Crippen molar-refractivity contribution in [3.8, 4) is 5.75 Å². The predicted molar refractivity (Wildman–Crippen MR) is 125 cm³/mol. The molecule has 0 aliphatic carbocycles. The first kappa shape index (κ1) is 24.5. The van der Waals surface area contributed by atoms with Gasteiger partial charge in [0.25, 0.3) is 0 Å². The summed E-state index contributed by atoms with van der Waals surface area (Å²) < 4.78 is 29.0. The highest BCUT2D eigenvalue weighted by Gasteiger charge is 2.10. The minimum Gasteiger partial charge on any atom is -0.492 e. The molecule has 2 rings (SSSR count). The smallest absolute Gasteiger partial charge is 0.191 e. The number of guanidine groups is 1. The van der Waals surface area contributed by atoms with Crippen LogP contribution in [0.25, 0.3) is 0 Å². The SMILES string of the molecule is CN=C(NCCOc1ccc(Cl)cc1)NCc1ccc(S(C)(=O)=O)c(C)c1.I. The van der Waals surface area contributed by atoms with E-state index in [-0.39, 0.29) is 24.0 Å². The van der Waals surface area contributed by atoms with E-state index >= 15 is 0 Å². The van der Waals surface area contributed by atoms with Crippen LogP contribution in [0.5, 0.6) is 5.75 Å². The van der Waals surface area contributed by atoms with Crippen LogP contribution in [0, 0.1) is 6.92 Å². The molecule has 0 aliphatic rings. The van der Waals surface area contributed by atoms with Crippen LogP contribution in [-0.2, 0) is 16.4 Å². The number of nitrogens with one attached hydrogen (secondary N) is 2. The van der Waals surface area contributed by atoms with Crippen molar-refractivity contribution >= 4 is 51.4 Å². The van der Waals surface area contributed by atoms with Gasteiger partial charge in [0, 0.05) is 24.9 Å². The Labute approximate surface area is 188 Å². The van der Waals surface area contributed by atoms with E-state index in [1.165, 1.54) is 6.26 Å². The van der Waals surface area contributed by atoms with Crippen molar-refractivity contribution < 1.29 is 13.2 Å². The predicted octanol–water partition coefficient (Wildman–Crippen LogP) is 3.41. The molecule has 0 atom stereocenters. The van der Waals surface area contributed by atoms with Crippen LogP contribution in [0.3, 0.4) is 0 Å². The molecule has 0 unspecified atom stereocenters. The number of hydrogen-bond donors (Lipinski definition) is 2. The van der Waals surface area contributed by atoms with Gasteiger partial charge in [-0.05, 0) is 48.4 Å². The summed E-state index contributed by atoms with van der Waals surface area (Å²) in [6.07, 6.45) is 1.21. The second-order valence-electron chi connectivity index (χ2n) is 6.03. The number of benzene rings is 2. The summed E-state index contributed by atoms with van der Waals surface area (Å²) in [7, 11) is -1.52. The Balaban J connectivity index is 0.00000392. The molecule has 0 amide bonds. The van der Waals surface area contributed by atoms with Crippen LogP contribution < -0.4 is 15.4 Å². The Hall–Kier alpha value is -1.52. The van der Waals surface area contributed by atoms with E-state index in [4.69, 9.17) is 16.3 Å². The van der Waals surface area contributed by atoms with Crippen LogP contribution in [0.1, 0.15) is 11.1 Å². The van der Waals surface area contributed by atoms with E-state index in [1.54, 1.807) is 38.2 Å². The lowest BCUT2D eigenvalue weighted by atomic mass is 10.1. The van der Waals surface area contributed by atoms with E-state index in [0.717, 1.165) is 16.9 Å². The third kappa shape index (κ3) is 7.84. The quantitative estimate of drug-likeness (QED) is 0.245. The molecule has 0 spiro atoms. The van der Waals surface area contributed by atoms with E-state index in [9.17, 15) is 8.42 Å². The van der Waals surface area contributed by atoms with E-state index in [2.05, 4.69) is 15.6 Å². The molecule has 6 nitrogen and oxygen atoms in total. The van der Waals surface area contributed by atoms with Gasteiger partial charge in [-0.15, -0.1) is 24.0 Å². The molecule has 0 radical (unpaired) electrons. The van der Waals surface area contributed by atoms with Gasteiger partial charge in [-0.3, -0.25) is 4.99 Å². The number of ether oxygens (including phenoxy) is 1. The second kappa shape index (κ2) is 11.5. The molecule has 2 N–H and O–H groups in total. The first-order valence-electron chi connectivity index (χ1n) is 8.42. The zero-order chi connectivity index (χ0) is 19.9. The molecule has 0 saturated carbocycles. The molecule has 9 heteroatoms. The van der Waals surface area contributed by atoms with Crippen molar-refractivity contribution in [2.24, 2.45) is 4.99 Å². The van der Waals surface area contributed by atoms with Gasteiger partial charge < -0.3 is 15.4 Å². The average Bonchev–Trinajstić information content (AvgIpc) is 2.61. The van der Waals surface area contributed by atoms with Gasteiger partial charge in [0.2, 0.25) is 0 Å². The number of aliphatic imine (C=N–C) groups is 1. The topological polar surface area (TPSA) is 79.8 Å². The van der Waals surface area contributed by atoms with Gasteiger partial charge in [0.15, 0.2) is 15.8 Å². The Morgan fingerprint density at radius 3 is 2.39 bits per heavy atom. The zero-order valence-electron chi connectivity index (χ0n) is 16.0. The Morgan fingerprint density at radius 1 is 1.14 bits per heavy atom. The summed E-state index contributed by atoms with van der Waals surface area (Å²) in [4.78, 5) is 4.52. The Kier molecular flexibility index (Phi) is 10.0. The van der Waals surface area contributed by atoms with Crippen molar-refractivity contribution in [3.05, 3.63) is 58.6 Å². The Bertz CT molecular complexity index is 903. The first-order valence-corrected chi connectivity index (χ1v) is 10.7. The second-order valence-corrected chi connectivity index (χ2v) is 8.45. The molecular formula is C19H25ClIN3O3S. The normalized spacial score (nSPS) is 11.5. The van der Waals surface area contributed by atoms with Crippen molar-refractivity contribution in [3.63, 3.8) is 0 Å². The monoisotopic (exact) mass is 537 g/mol. The molecule has 0 heterocycles. The van der Waals surface area contributed by atoms with Crippen LogP contribution in [0.15, 0.2) is 52.4 Å². The van der Waals surface area contributed by atoms with Crippen LogP contribution in [0.2, 0.25) is 5.02 Å². The van der Waals surface area contributed by atoms with Crippen molar-refractivity contribution in [1.82, 2.24) is 10.6 Å². The van der Waals surface area contributed by atoms with Gasteiger partial charge in [0.1, 0.15) is 12.4 Å². The van der Waals surface area contributed by atoms with E-state index < -0.39 is 9.84 Å². The number of halogens is 2. The molecule has 28 heavy (non-hydrogen) atoms. The number of hydrogen-bond acceptors (Lipinski definition) is 4. The van der Waals surface area contributed by atoms with Gasteiger partial charge in [-0.25, -0.2) is 8.42 Å². The molecule has 0 bridgehead atoms. The summed E-state index contributed by atoms with van der Waals surface area (Å²) >= 11 is 5.84. The Morgan fingerprint density at radius 2 is 1.82 bits per heavy atom. The van der Waals surface area contributed by atoms with E-state index in [0.29, 0.717) is 35.6 Å². The van der Waals surface area contributed by atoms with Gasteiger partial charge in [0.05, 0.1) is 11.4 Å². The lowest BCUT2D eigenvalue weighted by molar-refractivity contribution is 0.322. The molecular weight excluding hydrogens is 513 g/mol. The van der Waals surface area contributed by atoms with Crippen molar-refractivity contribution in [2.45, 2.75) is 18.4 Å². The first-order chi connectivity index (χ1) is 12.8. The molecule has 154 valence electrons. The van der Waals surface area contributed by atoms with Gasteiger partial charge in [-0.2, -0.15) is 0 Å². The lowest BCUT2D eigenvalue weighted by Crippen LogP contribution is -2.38. The summed E-state index contributed by atoms with van der Waals surface area (Å²) in [6, 6.07) is 12.5. The summed E-state index contributed by atoms with van der Waals surface area (Å²) in [5, 5.41) is 7.03. The van der Waals surface area contributed by atoms with E-state index in [1.807, 2.05) is 18.2 Å². The molecule has 2 aromatic carbocycles. The highest BCUT2D eigenvalue weighted by Crippen LogP contribution is 2.17. The fourth-order valence-corrected chi connectivity index (χ4v) is 3.60. The highest BCUT2D eigenvalue weighted by molar-refractivity contribution is 14.0. The van der Waals surface area contributed by atoms with Gasteiger partial charge in [-0.1, -0.05) is 23.7 Å². The maximum atomic E-state index is 11.7.